The van der Waals surface area contributed by atoms with Crippen molar-refractivity contribution in [2.75, 3.05) is 0 Å². The van der Waals surface area contributed by atoms with E-state index in [1.54, 1.807) is 20.2 Å². The molecule has 1 aromatic rings. The Morgan fingerprint density at radius 3 is 2.60 bits per heavy atom. The molecule has 0 aliphatic heterocycles. The topological polar surface area (TPSA) is 113 Å². The number of unbranched alkanes of at least 4 members (excludes halogenated alkanes) is 1. The summed E-state index contributed by atoms with van der Waals surface area (Å²) in [6.07, 6.45) is 3.50. The summed E-state index contributed by atoms with van der Waals surface area (Å²) in [4.78, 5) is 22.5. The number of aryl methyl sites for hydroxylation is 1. The van der Waals surface area contributed by atoms with Crippen LogP contribution in [0.15, 0.2) is 6.20 Å². The van der Waals surface area contributed by atoms with E-state index >= 15 is 0 Å². The number of nitrogens with two attached hydrogens (primary N) is 2. The lowest BCUT2D eigenvalue weighted by Gasteiger charge is -2.28. The molecule has 7 heteroatoms. The maximum atomic E-state index is 11.4. The maximum absolute atomic E-state index is 11.4. The molecule has 1 atom stereocenters. The van der Waals surface area contributed by atoms with E-state index in [0.717, 1.165) is 12.8 Å². The van der Waals surface area contributed by atoms with Crippen molar-refractivity contribution in [3.8, 4) is 0 Å². The van der Waals surface area contributed by atoms with Crippen molar-refractivity contribution < 1.29 is 14.3 Å². The Morgan fingerprint density at radius 2 is 2.10 bits per heavy atom. The van der Waals surface area contributed by atoms with Crippen molar-refractivity contribution in [2.45, 2.75) is 45.1 Å². The van der Waals surface area contributed by atoms with Crippen LogP contribution < -0.4 is 11.5 Å². The van der Waals surface area contributed by atoms with Gasteiger partial charge in [0.2, 0.25) is 0 Å². The summed E-state index contributed by atoms with van der Waals surface area (Å²) in [6, 6.07) is 0. The van der Waals surface area contributed by atoms with Crippen LogP contribution in [0.1, 0.15) is 49.2 Å². The summed E-state index contributed by atoms with van der Waals surface area (Å²) in [6.45, 7) is 3.83. The molecule has 1 aromatic heterocycles. The average Bonchev–Trinajstić information content (AvgIpc) is 2.66. The summed E-state index contributed by atoms with van der Waals surface area (Å²) >= 11 is 0. The molecule has 1 rings (SSSR count). The number of ether oxygens (including phenoxy) is 1. The highest BCUT2D eigenvalue weighted by Gasteiger charge is 2.31. The molecule has 20 heavy (non-hydrogen) atoms. The van der Waals surface area contributed by atoms with Crippen LogP contribution in [-0.4, -0.2) is 27.4 Å². The lowest BCUT2D eigenvalue weighted by atomic mass is 9.92. The van der Waals surface area contributed by atoms with Gasteiger partial charge in [-0.3, -0.25) is 9.48 Å². The fourth-order valence-electron chi connectivity index (χ4n) is 2.19. The first-order valence-corrected chi connectivity index (χ1v) is 6.58. The minimum absolute atomic E-state index is 0.301. The molecule has 0 aliphatic rings. The monoisotopic (exact) mass is 282 g/mol. The van der Waals surface area contributed by atoms with Gasteiger partial charge in [-0.1, -0.05) is 13.3 Å². The van der Waals surface area contributed by atoms with Gasteiger partial charge in [0.1, 0.15) is 5.60 Å². The molecule has 0 unspecified atom stereocenters. The maximum Gasteiger partial charge on any atom is 0.405 e. The number of hydrogen-bond donors (Lipinski definition) is 2. The van der Waals surface area contributed by atoms with Crippen LogP contribution in [0.4, 0.5) is 4.79 Å². The van der Waals surface area contributed by atoms with Crippen molar-refractivity contribution in [3.05, 3.63) is 17.5 Å². The predicted molar refractivity (Wildman–Crippen MR) is 74.0 cm³/mol. The summed E-state index contributed by atoms with van der Waals surface area (Å²) in [5.74, 6) is -0.551. The fourth-order valence-corrected chi connectivity index (χ4v) is 2.19. The van der Waals surface area contributed by atoms with Crippen molar-refractivity contribution >= 4 is 12.0 Å². The summed E-state index contributed by atoms with van der Waals surface area (Å²) in [5, 5.41) is 4.22. The van der Waals surface area contributed by atoms with Gasteiger partial charge >= 0.3 is 6.09 Å². The number of primary amides is 2. The largest absolute Gasteiger partial charge is 0.443 e. The van der Waals surface area contributed by atoms with E-state index in [4.69, 9.17) is 16.2 Å². The van der Waals surface area contributed by atoms with Gasteiger partial charge in [0.15, 0.2) is 0 Å². The van der Waals surface area contributed by atoms with Gasteiger partial charge in [-0.25, -0.2) is 4.79 Å². The van der Waals surface area contributed by atoms with Gasteiger partial charge in [0.25, 0.3) is 5.91 Å². The first-order valence-electron chi connectivity index (χ1n) is 6.58. The zero-order valence-electron chi connectivity index (χ0n) is 12.2. The lowest BCUT2D eigenvalue weighted by Crippen LogP contribution is -2.37. The third-order valence-corrected chi connectivity index (χ3v) is 3.12. The molecule has 4 N–H and O–H groups in total. The van der Waals surface area contributed by atoms with Crippen LogP contribution in [0.25, 0.3) is 0 Å². The molecule has 0 spiro atoms. The number of carbonyl (C=O) groups is 2. The van der Waals surface area contributed by atoms with Crippen molar-refractivity contribution in [1.29, 1.82) is 0 Å². The minimum Gasteiger partial charge on any atom is -0.443 e. The predicted octanol–water partition coefficient (Wildman–Crippen LogP) is 1.11. The number of rotatable bonds is 7. The van der Waals surface area contributed by atoms with E-state index in [0.29, 0.717) is 24.1 Å². The Kier molecular flexibility index (Phi) is 5.12. The van der Waals surface area contributed by atoms with Crippen LogP contribution in [-0.2, 0) is 18.2 Å². The number of hydrogen-bond acceptors (Lipinski definition) is 4. The first-order chi connectivity index (χ1) is 9.27. The van der Waals surface area contributed by atoms with Crippen molar-refractivity contribution in [2.24, 2.45) is 18.5 Å². The number of nitrogens with zero attached hydrogens (tertiary/aromatic N) is 2. The number of aromatic nitrogens is 2. The minimum atomic E-state index is -0.833. The molecule has 0 saturated heterocycles. The molecule has 0 saturated carbocycles. The zero-order valence-corrected chi connectivity index (χ0v) is 12.2. The Balaban J connectivity index is 2.99. The fraction of sp³-hybridized carbons (Fsp3) is 0.615. The van der Waals surface area contributed by atoms with Gasteiger partial charge in [-0.15, -0.1) is 0 Å². The van der Waals surface area contributed by atoms with E-state index in [2.05, 4.69) is 5.10 Å². The smallest absolute Gasteiger partial charge is 0.405 e. The van der Waals surface area contributed by atoms with Gasteiger partial charge in [0.05, 0.1) is 11.3 Å². The van der Waals surface area contributed by atoms with E-state index in [1.165, 1.54) is 4.68 Å². The van der Waals surface area contributed by atoms with Gasteiger partial charge in [-0.2, -0.15) is 5.10 Å². The summed E-state index contributed by atoms with van der Waals surface area (Å²) in [5.41, 5.74) is 10.5. The Labute approximate surface area is 118 Å². The number of carbonyl (C=O) groups excluding carboxylic acids is 2. The molecular formula is C13H22N4O3. The SMILES string of the molecule is CCCC[C@](C)(Cc1nn(C)cc1C(N)=O)OC(N)=O. The quantitative estimate of drug-likeness (QED) is 0.779. The second-order valence-electron chi connectivity index (χ2n) is 5.18. The molecular weight excluding hydrogens is 260 g/mol. The van der Waals surface area contributed by atoms with Crippen LogP contribution in [0.5, 0.6) is 0 Å². The zero-order chi connectivity index (χ0) is 15.3. The molecule has 1 heterocycles. The third-order valence-electron chi connectivity index (χ3n) is 3.12. The summed E-state index contributed by atoms with van der Waals surface area (Å²) in [7, 11) is 1.70. The second-order valence-corrected chi connectivity index (χ2v) is 5.18. The number of amides is 2. The molecule has 7 nitrogen and oxygen atoms in total. The summed E-state index contributed by atoms with van der Waals surface area (Å²) < 4.78 is 6.74. The molecule has 0 aromatic carbocycles. The highest BCUT2D eigenvalue weighted by atomic mass is 16.6. The Hall–Kier alpha value is -2.05. The van der Waals surface area contributed by atoms with Gasteiger partial charge in [-0.05, 0) is 19.8 Å². The third kappa shape index (κ3) is 4.25. The highest BCUT2D eigenvalue weighted by molar-refractivity contribution is 5.93. The average molecular weight is 282 g/mol. The van der Waals surface area contributed by atoms with Crippen molar-refractivity contribution in [1.82, 2.24) is 9.78 Å². The van der Waals surface area contributed by atoms with Crippen molar-refractivity contribution in [3.63, 3.8) is 0 Å². The van der Waals surface area contributed by atoms with Gasteiger partial charge < -0.3 is 16.2 Å². The van der Waals surface area contributed by atoms with Crippen LogP contribution >= 0.6 is 0 Å². The van der Waals surface area contributed by atoms with E-state index in [-0.39, 0.29) is 0 Å². The highest BCUT2D eigenvalue weighted by Crippen LogP contribution is 2.25. The first kappa shape index (κ1) is 16.0. The van der Waals surface area contributed by atoms with Crippen LogP contribution in [0.3, 0.4) is 0 Å². The van der Waals surface area contributed by atoms with Crippen LogP contribution in [0.2, 0.25) is 0 Å². The molecule has 112 valence electrons. The Bertz CT molecular complexity index is 498. The molecule has 0 radical (unpaired) electrons. The second kappa shape index (κ2) is 6.40. The van der Waals surface area contributed by atoms with E-state index in [9.17, 15) is 9.59 Å². The molecule has 0 bridgehead atoms. The molecule has 2 amide bonds. The van der Waals surface area contributed by atoms with E-state index in [1.807, 2.05) is 6.92 Å². The van der Waals surface area contributed by atoms with Gasteiger partial charge in [0, 0.05) is 19.7 Å². The van der Waals surface area contributed by atoms with Crippen LogP contribution in [0, 0.1) is 0 Å². The lowest BCUT2D eigenvalue weighted by molar-refractivity contribution is 0.0222. The normalized spacial score (nSPS) is 13.8. The standard InChI is InChI=1S/C13H22N4O3/c1-4-5-6-13(2,20-12(15)19)7-10-9(11(14)18)8-17(3)16-10/h8H,4-7H2,1-3H3,(H2,14,18)(H2,15,19)/t13-/m1/s1. The molecule has 0 fully saturated rings. The molecule has 0 aliphatic carbocycles. The van der Waals surface area contributed by atoms with E-state index < -0.39 is 17.6 Å². The Morgan fingerprint density at radius 1 is 1.45 bits per heavy atom.